The van der Waals surface area contributed by atoms with E-state index in [2.05, 4.69) is 5.32 Å². The molecule has 0 heterocycles. The standard InChI is InChI=1S/C20H22N2O3/c1-13-8-10-14(11-9-13)16(23)12-17(24)18(20(25)22-2)19(21)15-6-4-3-5-7-15/h3-11,16,21,23-24H,12H2,1-2H3,(H,22,25). The van der Waals surface area contributed by atoms with Crippen LogP contribution in [0.4, 0.5) is 0 Å². The molecule has 1 unspecified atom stereocenters. The van der Waals surface area contributed by atoms with Crippen LogP contribution in [0.15, 0.2) is 65.9 Å². The number of likely N-dealkylation sites (N-methyl/N-ethyl adjacent to an activating group) is 1. The van der Waals surface area contributed by atoms with Gasteiger partial charge in [0.2, 0.25) is 0 Å². The van der Waals surface area contributed by atoms with Gasteiger partial charge in [0.05, 0.1) is 11.8 Å². The summed E-state index contributed by atoms with van der Waals surface area (Å²) in [6, 6.07) is 16.0. The predicted octanol–water partition coefficient (Wildman–Crippen LogP) is 3.04. The van der Waals surface area contributed by atoms with E-state index in [1.807, 2.05) is 19.1 Å². The molecule has 25 heavy (non-hydrogen) atoms. The largest absolute Gasteiger partial charge is 0.511 e. The molecule has 130 valence electrons. The van der Waals surface area contributed by atoms with Crippen molar-refractivity contribution in [3.8, 4) is 0 Å². The Labute approximate surface area is 147 Å². The molecular weight excluding hydrogens is 316 g/mol. The maximum absolute atomic E-state index is 12.2. The summed E-state index contributed by atoms with van der Waals surface area (Å²) >= 11 is 0. The Morgan fingerprint density at radius 3 is 2.28 bits per heavy atom. The molecule has 5 heteroatoms. The lowest BCUT2D eigenvalue weighted by Gasteiger charge is -2.15. The highest BCUT2D eigenvalue weighted by atomic mass is 16.3. The number of aliphatic hydroxyl groups is 2. The molecule has 0 saturated heterocycles. The lowest BCUT2D eigenvalue weighted by Crippen LogP contribution is -2.27. The molecule has 0 fully saturated rings. The third-order valence-corrected chi connectivity index (χ3v) is 3.90. The van der Waals surface area contributed by atoms with E-state index in [1.54, 1.807) is 42.5 Å². The fraction of sp³-hybridized carbons (Fsp3) is 0.200. The van der Waals surface area contributed by atoms with Gasteiger partial charge in [0.15, 0.2) is 0 Å². The van der Waals surface area contributed by atoms with Crippen molar-refractivity contribution in [2.24, 2.45) is 0 Å². The maximum atomic E-state index is 12.2. The van der Waals surface area contributed by atoms with Crippen molar-refractivity contribution in [3.63, 3.8) is 0 Å². The van der Waals surface area contributed by atoms with E-state index < -0.39 is 12.0 Å². The Hall–Kier alpha value is -2.92. The van der Waals surface area contributed by atoms with Gasteiger partial charge in [0.1, 0.15) is 11.3 Å². The molecule has 1 amide bonds. The van der Waals surface area contributed by atoms with E-state index in [4.69, 9.17) is 5.41 Å². The summed E-state index contributed by atoms with van der Waals surface area (Å²) in [6.07, 6.45) is -1.12. The average molecular weight is 338 g/mol. The zero-order valence-corrected chi connectivity index (χ0v) is 14.3. The Morgan fingerprint density at radius 1 is 1.12 bits per heavy atom. The number of hydrogen-bond acceptors (Lipinski definition) is 4. The third kappa shape index (κ3) is 4.55. The number of hydrogen-bond donors (Lipinski definition) is 4. The van der Waals surface area contributed by atoms with E-state index in [0.29, 0.717) is 11.1 Å². The van der Waals surface area contributed by atoms with Gasteiger partial charge in [-0.15, -0.1) is 0 Å². The van der Waals surface area contributed by atoms with Gasteiger partial charge in [0.25, 0.3) is 5.91 Å². The van der Waals surface area contributed by atoms with Crippen LogP contribution in [-0.2, 0) is 4.79 Å². The second kappa shape index (κ2) is 8.26. The van der Waals surface area contributed by atoms with Gasteiger partial charge in [0, 0.05) is 19.0 Å². The van der Waals surface area contributed by atoms with Gasteiger partial charge in [-0.2, -0.15) is 0 Å². The van der Waals surface area contributed by atoms with E-state index in [9.17, 15) is 15.0 Å². The number of carbonyl (C=O) groups is 1. The van der Waals surface area contributed by atoms with Gasteiger partial charge in [-0.25, -0.2) is 0 Å². The third-order valence-electron chi connectivity index (χ3n) is 3.90. The molecule has 0 aliphatic rings. The Kier molecular flexibility index (Phi) is 6.08. The molecule has 0 saturated carbocycles. The fourth-order valence-electron chi connectivity index (χ4n) is 2.45. The smallest absolute Gasteiger partial charge is 0.256 e. The molecule has 0 aliphatic carbocycles. The lowest BCUT2D eigenvalue weighted by atomic mass is 9.97. The summed E-state index contributed by atoms with van der Waals surface area (Å²) in [5, 5.41) is 31.5. The molecule has 0 bridgehead atoms. The minimum atomic E-state index is -0.969. The fourth-order valence-corrected chi connectivity index (χ4v) is 2.45. The van der Waals surface area contributed by atoms with Crippen molar-refractivity contribution >= 4 is 11.6 Å². The van der Waals surface area contributed by atoms with Crippen LogP contribution in [-0.4, -0.2) is 28.9 Å². The topological polar surface area (TPSA) is 93.4 Å². The minimum Gasteiger partial charge on any atom is -0.511 e. The zero-order chi connectivity index (χ0) is 18.4. The normalized spacial score (nSPS) is 12.9. The number of aryl methyl sites for hydroxylation is 1. The Morgan fingerprint density at radius 2 is 1.72 bits per heavy atom. The van der Waals surface area contributed by atoms with E-state index in [1.165, 1.54) is 7.05 Å². The molecule has 2 aromatic carbocycles. The highest BCUT2D eigenvalue weighted by Crippen LogP contribution is 2.23. The van der Waals surface area contributed by atoms with Crippen LogP contribution < -0.4 is 5.32 Å². The van der Waals surface area contributed by atoms with Gasteiger partial charge in [-0.3, -0.25) is 10.2 Å². The zero-order valence-electron chi connectivity index (χ0n) is 14.3. The van der Waals surface area contributed by atoms with Gasteiger partial charge < -0.3 is 15.5 Å². The van der Waals surface area contributed by atoms with Crippen LogP contribution in [0.25, 0.3) is 0 Å². The number of rotatable bonds is 6. The quantitative estimate of drug-likeness (QED) is 0.370. The Balaban J connectivity index is 2.32. The number of benzene rings is 2. The number of carbonyl (C=O) groups excluding carboxylic acids is 1. The van der Waals surface area contributed by atoms with Gasteiger partial charge >= 0.3 is 0 Å². The highest BCUT2D eigenvalue weighted by Gasteiger charge is 2.22. The number of amides is 1. The summed E-state index contributed by atoms with van der Waals surface area (Å²) in [4.78, 5) is 12.2. The summed E-state index contributed by atoms with van der Waals surface area (Å²) in [7, 11) is 1.43. The molecular formula is C20H22N2O3. The number of nitrogens with one attached hydrogen (secondary N) is 2. The highest BCUT2D eigenvalue weighted by molar-refractivity contribution is 6.27. The van der Waals surface area contributed by atoms with Crippen LogP contribution in [0.2, 0.25) is 0 Å². The molecule has 0 aromatic heterocycles. The molecule has 4 N–H and O–H groups in total. The first-order valence-corrected chi connectivity index (χ1v) is 7.97. The monoisotopic (exact) mass is 338 g/mol. The van der Waals surface area contributed by atoms with Gasteiger partial charge in [-0.1, -0.05) is 60.2 Å². The Bertz CT molecular complexity index is 780. The van der Waals surface area contributed by atoms with Crippen LogP contribution in [0, 0.1) is 12.3 Å². The molecule has 2 rings (SSSR count). The number of aliphatic hydroxyl groups excluding tert-OH is 2. The van der Waals surface area contributed by atoms with Crippen molar-refractivity contribution in [1.82, 2.24) is 5.32 Å². The van der Waals surface area contributed by atoms with Crippen molar-refractivity contribution < 1.29 is 15.0 Å². The van der Waals surface area contributed by atoms with Crippen LogP contribution in [0.1, 0.15) is 29.2 Å². The first-order valence-electron chi connectivity index (χ1n) is 7.97. The van der Waals surface area contributed by atoms with Crippen LogP contribution >= 0.6 is 0 Å². The molecule has 5 nitrogen and oxygen atoms in total. The average Bonchev–Trinajstić information content (AvgIpc) is 2.62. The second-order valence-corrected chi connectivity index (χ2v) is 5.77. The molecule has 2 aromatic rings. The van der Waals surface area contributed by atoms with Crippen molar-refractivity contribution in [2.75, 3.05) is 7.05 Å². The van der Waals surface area contributed by atoms with Crippen LogP contribution in [0.5, 0.6) is 0 Å². The van der Waals surface area contributed by atoms with Gasteiger partial charge in [-0.05, 0) is 12.5 Å². The molecule has 1 atom stereocenters. The van der Waals surface area contributed by atoms with E-state index in [-0.39, 0.29) is 23.5 Å². The first-order chi connectivity index (χ1) is 11.9. The summed E-state index contributed by atoms with van der Waals surface area (Å²) in [6.45, 7) is 1.94. The summed E-state index contributed by atoms with van der Waals surface area (Å²) < 4.78 is 0. The minimum absolute atomic E-state index is 0.0893. The SMILES string of the molecule is CNC(=O)C(C(=N)c1ccccc1)=C(O)CC(O)c1ccc(C)cc1. The van der Waals surface area contributed by atoms with Crippen LogP contribution in [0.3, 0.4) is 0 Å². The predicted molar refractivity (Wildman–Crippen MR) is 97.7 cm³/mol. The van der Waals surface area contributed by atoms with Crippen molar-refractivity contribution in [3.05, 3.63) is 82.6 Å². The van der Waals surface area contributed by atoms with E-state index >= 15 is 0 Å². The lowest BCUT2D eigenvalue weighted by molar-refractivity contribution is -0.116. The molecule has 0 radical (unpaired) electrons. The summed E-state index contributed by atoms with van der Waals surface area (Å²) in [5.41, 5.74) is 1.98. The van der Waals surface area contributed by atoms with Crippen molar-refractivity contribution in [2.45, 2.75) is 19.4 Å². The second-order valence-electron chi connectivity index (χ2n) is 5.77. The maximum Gasteiger partial charge on any atom is 0.256 e. The first kappa shape index (κ1) is 18.4. The molecule has 0 spiro atoms. The van der Waals surface area contributed by atoms with Crippen molar-refractivity contribution in [1.29, 1.82) is 5.41 Å². The molecule has 0 aliphatic heterocycles. The summed E-state index contributed by atoms with van der Waals surface area (Å²) in [5.74, 6) is -0.885. The van der Waals surface area contributed by atoms with E-state index in [0.717, 1.165) is 5.56 Å².